The van der Waals surface area contributed by atoms with Crippen LogP contribution in [0.2, 0.25) is 0 Å². The van der Waals surface area contributed by atoms with Crippen molar-refractivity contribution in [3.8, 4) is 11.5 Å². The van der Waals surface area contributed by atoms with E-state index in [2.05, 4.69) is 31.2 Å². The summed E-state index contributed by atoms with van der Waals surface area (Å²) < 4.78 is 13.0. The average molecular weight is 368 g/mol. The number of hydrogen-bond acceptors (Lipinski definition) is 6. The lowest BCUT2D eigenvalue weighted by molar-refractivity contribution is -0.119. The van der Waals surface area contributed by atoms with Gasteiger partial charge in [-0.15, -0.1) is 10.2 Å². The highest BCUT2D eigenvalue weighted by Crippen LogP contribution is 2.36. The summed E-state index contributed by atoms with van der Waals surface area (Å²) in [5.41, 5.74) is 5.86. The number of nitrogens with zero attached hydrogens (tertiary/aromatic N) is 4. The van der Waals surface area contributed by atoms with Gasteiger partial charge >= 0.3 is 0 Å². The van der Waals surface area contributed by atoms with Crippen LogP contribution in [-0.2, 0) is 4.79 Å². The molecule has 9 heteroatoms. The molecule has 1 amide bonds. The molecule has 8 nitrogen and oxygen atoms in total. The molecule has 0 saturated heterocycles. The number of hydrogen-bond donors (Lipinski definition) is 1. The van der Waals surface area contributed by atoms with Crippen LogP contribution in [0.3, 0.4) is 0 Å². The van der Waals surface area contributed by atoms with Gasteiger partial charge in [0.05, 0.1) is 17.3 Å². The molecule has 0 atom stereocenters. The number of carbonyl (C=O) groups excluding carboxylic acids is 1. The molecule has 1 aromatic carbocycles. The molecule has 116 valence electrons. The number of carbonyl (C=O) groups is 1. The quantitative estimate of drug-likeness (QED) is 0.739. The van der Waals surface area contributed by atoms with E-state index in [0.717, 1.165) is 5.56 Å². The van der Waals surface area contributed by atoms with Crippen molar-refractivity contribution in [3.63, 3.8) is 0 Å². The lowest BCUT2D eigenvalue weighted by Crippen LogP contribution is -2.20. The molecule has 2 aromatic rings. The van der Waals surface area contributed by atoms with Gasteiger partial charge in [-0.3, -0.25) is 4.79 Å². The Labute approximate surface area is 135 Å². The Hall–Kier alpha value is -2.42. The van der Waals surface area contributed by atoms with Crippen LogP contribution in [0.1, 0.15) is 12.5 Å². The van der Waals surface area contributed by atoms with Gasteiger partial charge < -0.3 is 15.2 Å². The summed E-state index contributed by atoms with van der Waals surface area (Å²) in [5.74, 6) is 0.345. The Kier molecular flexibility index (Phi) is 5.48. The predicted octanol–water partition coefficient (Wildman–Crippen LogP) is 1.19. The third-order valence-corrected chi connectivity index (χ3v) is 3.03. The fourth-order valence-corrected chi connectivity index (χ4v) is 2.17. The van der Waals surface area contributed by atoms with Crippen LogP contribution in [0.5, 0.6) is 11.5 Å². The number of benzene rings is 1. The predicted molar refractivity (Wildman–Crippen MR) is 83.0 cm³/mol. The average Bonchev–Trinajstić information content (AvgIpc) is 2.97. The normalized spacial score (nSPS) is 10.8. The second-order valence-electron chi connectivity index (χ2n) is 4.10. The SMILES string of the molecule is CCOc1cc(/C=N\n2cnnc2)cc(Br)c1OCC(N)=O. The first kappa shape index (κ1) is 16.0. The van der Waals surface area contributed by atoms with Crippen LogP contribution in [0, 0.1) is 0 Å². The smallest absolute Gasteiger partial charge is 0.255 e. The van der Waals surface area contributed by atoms with Crippen molar-refractivity contribution in [2.24, 2.45) is 10.8 Å². The zero-order chi connectivity index (χ0) is 15.9. The molecule has 2 N–H and O–H groups in total. The Bertz CT molecular complexity index is 673. The highest BCUT2D eigenvalue weighted by molar-refractivity contribution is 9.10. The highest BCUT2D eigenvalue weighted by atomic mass is 79.9. The fraction of sp³-hybridized carbons (Fsp3) is 0.231. The largest absolute Gasteiger partial charge is 0.490 e. The maximum atomic E-state index is 10.9. The van der Waals surface area contributed by atoms with Gasteiger partial charge in [0.1, 0.15) is 12.7 Å². The number of amides is 1. The van der Waals surface area contributed by atoms with Crippen molar-refractivity contribution in [2.45, 2.75) is 6.92 Å². The molecule has 0 unspecified atom stereocenters. The Morgan fingerprint density at radius 1 is 1.41 bits per heavy atom. The van der Waals surface area contributed by atoms with Gasteiger partial charge in [-0.05, 0) is 40.5 Å². The topological polar surface area (TPSA) is 105 Å². The van der Waals surface area contributed by atoms with Crippen molar-refractivity contribution in [1.29, 1.82) is 0 Å². The summed E-state index contributed by atoms with van der Waals surface area (Å²) in [5, 5.41) is 11.5. The fourth-order valence-electron chi connectivity index (χ4n) is 1.60. The van der Waals surface area contributed by atoms with E-state index in [1.165, 1.54) is 17.3 Å². The second-order valence-corrected chi connectivity index (χ2v) is 4.96. The maximum absolute atomic E-state index is 10.9. The molecule has 0 aliphatic carbocycles. The molecule has 1 heterocycles. The Morgan fingerprint density at radius 3 is 2.77 bits per heavy atom. The monoisotopic (exact) mass is 367 g/mol. The molecule has 0 spiro atoms. The first-order valence-corrected chi connectivity index (χ1v) is 7.16. The van der Waals surface area contributed by atoms with E-state index in [1.54, 1.807) is 18.3 Å². The Balaban J connectivity index is 2.27. The first-order chi connectivity index (χ1) is 10.6. The van der Waals surface area contributed by atoms with Crippen LogP contribution in [-0.4, -0.2) is 40.2 Å². The van der Waals surface area contributed by atoms with Gasteiger partial charge in [0.15, 0.2) is 18.1 Å². The lowest BCUT2D eigenvalue weighted by atomic mass is 10.2. The standard InChI is InChI=1S/C13H14BrN5O3/c1-2-21-11-4-9(5-18-19-7-16-17-8-19)3-10(14)13(11)22-6-12(15)20/h3-5,7-8H,2,6H2,1H3,(H2,15,20)/b18-5-. The van der Waals surface area contributed by atoms with E-state index < -0.39 is 5.91 Å². The van der Waals surface area contributed by atoms with Crippen molar-refractivity contribution < 1.29 is 14.3 Å². The molecular formula is C13H14BrN5O3. The van der Waals surface area contributed by atoms with Gasteiger partial charge in [-0.1, -0.05) is 0 Å². The van der Waals surface area contributed by atoms with E-state index in [-0.39, 0.29) is 6.61 Å². The molecule has 2 rings (SSSR count). The molecule has 0 aliphatic heterocycles. The van der Waals surface area contributed by atoms with Crippen molar-refractivity contribution in [2.75, 3.05) is 13.2 Å². The van der Waals surface area contributed by atoms with Crippen molar-refractivity contribution in [3.05, 3.63) is 34.8 Å². The zero-order valence-corrected chi connectivity index (χ0v) is 13.4. The molecule has 1 aromatic heterocycles. The zero-order valence-electron chi connectivity index (χ0n) is 11.8. The second kappa shape index (κ2) is 7.55. The summed E-state index contributed by atoms with van der Waals surface area (Å²) in [7, 11) is 0. The third-order valence-electron chi connectivity index (χ3n) is 2.44. The Morgan fingerprint density at radius 2 is 2.14 bits per heavy atom. The number of halogens is 1. The summed E-state index contributed by atoms with van der Waals surface area (Å²) in [6.07, 6.45) is 4.56. The molecule has 0 saturated carbocycles. The molecular weight excluding hydrogens is 354 g/mol. The van der Waals surface area contributed by atoms with Crippen molar-refractivity contribution in [1.82, 2.24) is 14.9 Å². The number of ether oxygens (including phenoxy) is 2. The van der Waals surface area contributed by atoms with E-state index in [0.29, 0.717) is 22.6 Å². The van der Waals surface area contributed by atoms with Crippen LogP contribution in [0.25, 0.3) is 0 Å². The highest BCUT2D eigenvalue weighted by Gasteiger charge is 2.12. The van der Waals surface area contributed by atoms with Gasteiger partial charge in [-0.25, -0.2) is 4.68 Å². The summed E-state index contributed by atoms with van der Waals surface area (Å²) in [6, 6.07) is 3.53. The lowest BCUT2D eigenvalue weighted by Gasteiger charge is -2.13. The third kappa shape index (κ3) is 4.29. The molecule has 0 aliphatic rings. The number of aromatic nitrogens is 3. The number of rotatable bonds is 7. The van der Waals surface area contributed by atoms with Crippen molar-refractivity contribution >= 4 is 28.1 Å². The minimum absolute atomic E-state index is 0.229. The number of nitrogens with two attached hydrogens (primary N) is 1. The number of primary amides is 1. The molecule has 22 heavy (non-hydrogen) atoms. The van der Waals surface area contributed by atoms with Crippen LogP contribution in [0.4, 0.5) is 0 Å². The van der Waals surface area contributed by atoms with E-state index in [9.17, 15) is 4.79 Å². The van der Waals surface area contributed by atoms with Gasteiger partial charge in [0.2, 0.25) is 0 Å². The minimum Gasteiger partial charge on any atom is -0.490 e. The summed E-state index contributed by atoms with van der Waals surface area (Å²) in [4.78, 5) is 10.9. The van der Waals surface area contributed by atoms with Gasteiger partial charge in [0, 0.05) is 0 Å². The molecule has 0 radical (unpaired) electrons. The van der Waals surface area contributed by atoms with Crippen LogP contribution in [0.15, 0.2) is 34.4 Å². The van der Waals surface area contributed by atoms with Gasteiger partial charge in [0.25, 0.3) is 5.91 Å². The maximum Gasteiger partial charge on any atom is 0.255 e. The van der Waals surface area contributed by atoms with E-state index in [1.807, 2.05) is 6.92 Å². The summed E-state index contributed by atoms with van der Waals surface area (Å²) in [6.45, 7) is 2.07. The first-order valence-electron chi connectivity index (χ1n) is 6.36. The molecule has 0 bridgehead atoms. The summed E-state index contributed by atoms with van der Waals surface area (Å²) >= 11 is 3.39. The van der Waals surface area contributed by atoms with E-state index >= 15 is 0 Å². The van der Waals surface area contributed by atoms with Crippen LogP contribution < -0.4 is 15.2 Å². The van der Waals surface area contributed by atoms with Crippen LogP contribution >= 0.6 is 15.9 Å². The minimum atomic E-state index is -0.562. The van der Waals surface area contributed by atoms with E-state index in [4.69, 9.17) is 15.2 Å². The molecule has 0 fully saturated rings. The van der Waals surface area contributed by atoms with Gasteiger partial charge in [-0.2, -0.15) is 5.10 Å².